The first-order valence-corrected chi connectivity index (χ1v) is 7.47. The number of hydrogen-bond acceptors (Lipinski definition) is 4. The van der Waals surface area contributed by atoms with Gasteiger partial charge in [0.1, 0.15) is 12.0 Å². The molecule has 1 heterocycles. The first-order valence-electron chi connectivity index (χ1n) is 7.47. The van der Waals surface area contributed by atoms with Crippen molar-refractivity contribution in [2.75, 3.05) is 23.8 Å². The number of rotatable bonds is 3. The van der Waals surface area contributed by atoms with E-state index in [2.05, 4.69) is 5.32 Å². The number of hydrogen-bond donors (Lipinski definition) is 2. The molecule has 1 fully saturated rings. The van der Waals surface area contributed by atoms with Crippen LogP contribution in [0.25, 0.3) is 0 Å². The zero-order valence-corrected chi connectivity index (χ0v) is 12.8. The van der Waals surface area contributed by atoms with E-state index in [1.165, 1.54) is 23.1 Å². The van der Waals surface area contributed by atoms with Gasteiger partial charge in [-0.2, -0.15) is 0 Å². The molecule has 2 aromatic rings. The SMILES string of the molecule is Nc1cc(N2C(F)COCC2NC(=O)c2ccccc2)ccc1F. The maximum absolute atomic E-state index is 14.4. The lowest BCUT2D eigenvalue weighted by Gasteiger charge is -2.40. The molecule has 0 aliphatic carbocycles. The van der Waals surface area contributed by atoms with E-state index in [9.17, 15) is 13.6 Å². The van der Waals surface area contributed by atoms with Crippen molar-refractivity contribution in [1.82, 2.24) is 5.32 Å². The zero-order chi connectivity index (χ0) is 17.1. The number of nitrogens with one attached hydrogen (secondary N) is 1. The molecule has 7 heteroatoms. The Kier molecular flexibility index (Phi) is 4.61. The summed E-state index contributed by atoms with van der Waals surface area (Å²) >= 11 is 0. The van der Waals surface area contributed by atoms with E-state index in [-0.39, 0.29) is 24.8 Å². The smallest absolute Gasteiger partial charge is 0.252 e. The molecule has 3 N–H and O–H groups in total. The summed E-state index contributed by atoms with van der Waals surface area (Å²) in [6.45, 7) is -0.0364. The predicted molar refractivity (Wildman–Crippen MR) is 86.7 cm³/mol. The fourth-order valence-corrected chi connectivity index (χ4v) is 2.60. The summed E-state index contributed by atoms with van der Waals surface area (Å²) in [5, 5.41) is 2.74. The van der Waals surface area contributed by atoms with Crippen LogP contribution in [-0.4, -0.2) is 31.6 Å². The van der Waals surface area contributed by atoms with Crippen LogP contribution < -0.4 is 16.0 Å². The summed E-state index contributed by atoms with van der Waals surface area (Å²) in [4.78, 5) is 13.7. The maximum atomic E-state index is 14.4. The lowest BCUT2D eigenvalue weighted by Crippen LogP contribution is -2.58. The van der Waals surface area contributed by atoms with Crippen molar-refractivity contribution in [2.45, 2.75) is 12.5 Å². The third kappa shape index (κ3) is 3.30. The van der Waals surface area contributed by atoms with Gasteiger partial charge in [-0.05, 0) is 30.3 Å². The quantitative estimate of drug-likeness (QED) is 0.668. The van der Waals surface area contributed by atoms with Crippen molar-refractivity contribution in [1.29, 1.82) is 0 Å². The van der Waals surface area contributed by atoms with Gasteiger partial charge in [0.05, 0.1) is 18.9 Å². The molecule has 0 saturated carbocycles. The van der Waals surface area contributed by atoms with E-state index >= 15 is 0 Å². The van der Waals surface area contributed by atoms with Crippen LogP contribution in [0.2, 0.25) is 0 Å². The first kappa shape index (κ1) is 16.2. The molecule has 1 aliphatic heterocycles. The number of halogens is 2. The average Bonchev–Trinajstić information content (AvgIpc) is 2.58. The minimum absolute atomic E-state index is 0.0840. The molecule has 0 spiro atoms. The molecule has 126 valence electrons. The van der Waals surface area contributed by atoms with Crippen LogP contribution in [0, 0.1) is 5.82 Å². The van der Waals surface area contributed by atoms with Crippen molar-refractivity contribution < 1.29 is 18.3 Å². The highest BCUT2D eigenvalue weighted by atomic mass is 19.1. The molecular weight excluding hydrogens is 316 g/mol. The van der Waals surface area contributed by atoms with Crippen molar-refractivity contribution in [3.05, 3.63) is 59.9 Å². The number of ether oxygens (including phenoxy) is 1. The fraction of sp³-hybridized carbons (Fsp3) is 0.235. The van der Waals surface area contributed by atoms with Gasteiger partial charge in [-0.25, -0.2) is 8.78 Å². The average molecular weight is 333 g/mol. The molecule has 0 radical (unpaired) electrons. The molecule has 2 unspecified atom stereocenters. The summed E-state index contributed by atoms with van der Waals surface area (Å²) in [7, 11) is 0. The van der Waals surface area contributed by atoms with Crippen LogP contribution in [0.3, 0.4) is 0 Å². The van der Waals surface area contributed by atoms with E-state index in [1.54, 1.807) is 30.3 Å². The molecule has 24 heavy (non-hydrogen) atoms. The second-order valence-corrected chi connectivity index (χ2v) is 5.44. The summed E-state index contributed by atoms with van der Waals surface area (Å²) in [6.07, 6.45) is -2.21. The third-order valence-corrected chi connectivity index (χ3v) is 3.78. The van der Waals surface area contributed by atoms with E-state index in [0.717, 1.165) is 0 Å². The van der Waals surface area contributed by atoms with Crippen LogP contribution in [0.15, 0.2) is 48.5 Å². The van der Waals surface area contributed by atoms with Crippen LogP contribution in [0.4, 0.5) is 20.2 Å². The van der Waals surface area contributed by atoms with Gasteiger partial charge < -0.3 is 20.7 Å². The monoisotopic (exact) mass is 333 g/mol. The minimum Gasteiger partial charge on any atom is -0.396 e. The topological polar surface area (TPSA) is 67.6 Å². The first-order chi connectivity index (χ1) is 11.6. The second kappa shape index (κ2) is 6.84. The number of anilines is 2. The molecule has 1 aliphatic rings. The number of nitrogen functional groups attached to an aromatic ring is 1. The molecule has 5 nitrogen and oxygen atoms in total. The normalized spacial score (nSPS) is 20.7. The standard InChI is InChI=1S/C17H17F2N3O2/c18-13-7-6-12(8-14(13)20)22-15(19)9-24-10-16(22)21-17(23)11-4-2-1-3-5-11/h1-8,15-16H,9-10,20H2,(H,21,23). The Hall–Kier alpha value is -2.67. The van der Waals surface area contributed by atoms with Crippen molar-refractivity contribution in [2.24, 2.45) is 0 Å². The van der Waals surface area contributed by atoms with Crippen molar-refractivity contribution in [3.8, 4) is 0 Å². The van der Waals surface area contributed by atoms with E-state index < -0.39 is 18.3 Å². The van der Waals surface area contributed by atoms with E-state index in [1.807, 2.05) is 0 Å². The molecule has 2 aromatic carbocycles. The fourth-order valence-electron chi connectivity index (χ4n) is 2.60. The summed E-state index contributed by atoms with van der Waals surface area (Å²) in [5.41, 5.74) is 6.32. The van der Waals surface area contributed by atoms with Gasteiger partial charge >= 0.3 is 0 Å². The summed E-state index contributed by atoms with van der Waals surface area (Å²) in [5.74, 6) is -0.925. The van der Waals surface area contributed by atoms with Gasteiger partial charge in [-0.15, -0.1) is 0 Å². The van der Waals surface area contributed by atoms with Gasteiger partial charge in [-0.3, -0.25) is 4.79 Å². The second-order valence-electron chi connectivity index (χ2n) is 5.44. The molecule has 2 atom stereocenters. The number of morpholine rings is 1. The molecule has 0 bridgehead atoms. The van der Waals surface area contributed by atoms with Gasteiger partial charge in [0, 0.05) is 11.3 Å². The molecular formula is C17H17F2N3O2. The highest BCUT2D eigenvalue weighted by Crippen LogP contribution is 2.26. The van der Waals surface area contributed by atoms with Gasteiger partial charge in [0.25, 0.3) is 5.91 Å². The number of carbonyl (C=O) groups is 1. The molecule has 0 aromatic heterocycles. The van der Waals surface area contributed by atoms with Crippen LogP contribution in [0.5, 0.6) is 0 Å². The Morgan fingerprint density at radius 3 is 2.67 bits per heavy atom. The Bertz CT molecular complexity index is 727. The number of nitrogens with two attached hydrogens (primary N) is 1. The molecule has 1 amide bonds. The summed E-state index contributed by atoms with van der Waals surface area (Å²) in [6, 6.07) is 12.5. The molecule has 3 rings (SSSR count). The van der Waals surface area contributed by atoms with Crippen LogP contribution >= 0.6 is 0 Å². The number of amides is 1. The van der Waals surface area contributed by atoms with Crippen LogP contribution in [0.1, 0.15) is 10.4 Å². The highest BCUT2D eigenvalue weighted by Gasteiger charge is 2.33. The number of benzene rings is 2. The third-order valence-electron chi connectivity index (χ3n) is 3.78. The van der Waals surface area contributed by atoms with Crippen molar-refractivity contribution >= 4 is 17.3 Å². The Labute approximate surface area is 138 Å². The van der Waals surface area contributed by atoms with Crippen LogP contribution in [-0.2, 0) is 4.74 Å². The maximum Gasteiger partial charge on any atom is 0.252 e. The number of carbonyl (C=O) groups excluding carboxylic acids is 1. The number of alkyl halides is 1. The lowest BCUT2D eigenvalue weighted by atomic mass is 10.2. The van der Waals surface area contributed by atoms with E-state index in [0.29, 0.717) is 11.3 Å². The highest BCUT2D eigenvalue weighted by molar-refractivity contribution is 5.94. The van der Waals surface area contributed by atoms with Gasteiger partial charge in [0.2, 0.25) is 0 Å². The van der Waals surface area contributed by atoms with Crippen molar-refractivity contribution in [3.63, 3.8) is 0 Å². The van der Waals surface area contributed by atoms with Gasteiger partial charge in [-0.1, -0.05) is 18.2 Å². The number of nitrogens with zero attached hydrogens (tertiary/aromatic N) is 1. The summed E-state index contributed by atoms with van der Waals surface area (Å²) < 4.78 is 32.9. The predicted octanol–water partition coefficient (Wildman–Crippen LogP) is 2.30. The Morgan fingerprint density at radius 1 is 1.21 bits per heavy atom. The van der Waals surface area contributed by atoms with E-state index in [4.69, 9.17) is 10.5 Å². The molecule has 1 saturated heterocycles. The Balaban J connectivity index is 1.84. The van der Waals surface area contributed by atoms with Gasteiger partial charge in [0.15, 0.2) is 6.30 Å². The minimum atomic E-state index is -1.48. The Morgan fingerprint density at radius 2 is 1.96 bits per heavy atom. The zero-order valence-electron chi connectivity index (χ0n) is 12.8. The lowest BCUT2D eigenvalue weighted by molar-refractivity contribution is 0.0171. The largest absolute Gasteiger partial charge is 0.396 e.